The van der Waals surface area contributed by atoms with Gasteiger partial charge in [0.05, 0.1) is 6.61 Å². The maximum Gasteiger partial charge on any atom is 0.224 e. The number of rotatable bonds is 7. The fourth-order valence-corrected chi connectivity index (χ4v) is 2.55. The van der Waals surface area contributed by atoms with Crippen molar-refractivity contribution < 1.29 is 9.53 Å². The normalized spacial score (nSPS) is 11.8. The molecule has 0 heterocycles. The van der Waals surface area contributed by atoms with E-state index in [0.717, 1.165) is 22.9 Å². The largest absolute Gasteiger partial charge is 0.494 e. The highest BCUT2D eigenvalue weighted by molar-refractivity contribution is 6.30. The molecule has 0 aromatic heterocycles. The summed E-state index contributed by atoms with van der Waals surface area (Å²) in [6, 6.07) is 15.2. The molecule has 0 spiro atoms. The van der Waals surface area contributed by atoms with Gasteiger partial charge >= 0.3 is 0 Å². The first-order valence-electron chi connectivity index (χ1n) is 7.84. The zero-order valence-corrected chi connectivity index (χ0v) is 14.3. The summed E-state index contributed by atoms with van der Waals surface area (Å²) < 4.78 is 5.38. The molecule has 0 radical (unpaired) electrons. The van der Waals surface area contributed by atoms with Crippen LogP contribution in [-0.2, 0) is 11.2 Å². The smallest absolute Gasteiger partial charge is 0.224 e. The number of hydrogen-bond donors (Lipinski definition) is 1. The molecule has 0 fully saturated rings. The van der Waals surface area contributed by atoms with E-state index < -0.39 is 0 Å². The van der Waals surface area contributed by atoms with Gasteiger partial charge < -0.3 is 10.1 Å². The molecule has 0 unspecified atom stereocenters. The van der Waals surface area contributed by atoms with Crippen molar-refractivity contribution in [2.45, 2.75) is 26.7 Å². The van der Waals surface area contributed by atoms with Crippen LogP contribution < -0.4 is 10.1 Å². The van der Waals surface area contributed by atoms with Crippen LogP contribution in [0.3, 0.4) is 0 Å². The van der Waals surface area contributed by atoms with Crippen LogP contribution in [0.25, 0.3) is 0 Å². The molecule has 0 bridgehead atoms. The van der Waals surface area contributed by atoms with Gasteiger partial charge in [-0.05, 0) is 61.2 Å². The lowest BCUT2D eigenvalue weighted by molar-refractivity contribution is -0.116. The number of carbonyl (C=O) groups excluding carboxylic acids is 1. The summed E-state index contributed by atoms with van der Waals surface area (Å²) in [5.74, 6) is 1.09. The van der Waals surface area contributed by atoms with Crippen molar-refractivity contribution >= 4 is 23.2 Å². The molecule has 3 nitrogen and oxygen atoms in total. The highest BCUT2D eigenvalue weighted by Gasteiger charge is 2.10. The Labute approximate surface area is 142 Å². The number of carbonyl (C=O) groups is 1. The van der Waals surface area contributed by atoms with Crippen LogP contribution in [-0.4, -0.2) is 12.5 Å². The zero-order valence-electron chi connectivity index (χ0n) is 13.5. The first kappa shape index (κ1) is 17.4. The molecule has 4 heteroatoms. The molecule has 0 saturated carbocycles. The Morgan fingerprint density at radius 3 is 2.39 bits per heavy atom. The van der Waals surface area contributed by atoms with Crippen molar-refractivity contribution in [3.05, 3.63) is 59.1 Å². The lowest BCUT2D eigenvalue weighted by Gasteiger charge is -2.12. The summed E-state index contributed by atoms with van der Waals surface area (Å²) >= 11 is 5.88. The van der Waals surface area contributed by atoms with Crippen molar-refractivity contribution in [1.29, 1.82) is 0 Å². The second-order valence-electron chi connectivity index (χ2n) is 5.65. The molecule has 0 aliphatic heterocycles. The van der Waals surface area contributed by atoms with Crippen molar-refractivity contribution in [3.8, 4) is 5.75 Å². The summed E-state index contributed by atoms with van der Waals surface area (Å²) in [5.41, 5.74) is 1.98. The third kappa shape index (κ3) is 5.95. The van der Waals surface area contributed by atoms with Gasteiger partial charge in [-0.15, -0.1) is 0 Å². The van der Waals surface area contributed by atoms with E-state index >= 15 is 0 Å². The minimum absolute atomic E-state index is 0.0237. The predicted octanol–water partition coefficient (Wildman–Crippen LogP) is 4.95. The van der Waals surface area contributed by atoms with Crippen molar-refractivity contribution in [2.24, 2.45) is 5.92 Å². The first-order valence-corrected chi connectivity index (χ1v) is 8.21. The van der Waals surface area contributed by atoms with E-state index in [-0.39, 0.29) is 11.8 Å². The van der Waals surface area contributed by atoms with Gasteiger partial charge in [-0.2, -0.15) is 0 Å². The Kier molecular flexibility index (Phi) is 6.48. The topological polar surface area (TPSA) is 38.3 Å². The molecule has 1 amide bonds. The lowest BCUT2D eigenvalue weighted by atomic mass is 9.98. The van der Waals surface area contributed by atoms with E-state index in [0.29, 0.717) is 13.0 Å². The highest BCUT2D eigenvalue weighted by atomic mass is 35.5. The Bertz CT molecular complexity index is 623. The zero-order chi connectivity index (χ0) is 16.7. The van der Waals surface area contributed by atoms with Gasteiger partial charge in [-0.25, -0.2) is 0 Å². The second-order valence-corrected chi connectivity index (χ2v) is 6.08. The number of anilines is 1. The summed E-state index contributed by atoms with van der Waals surface area (Å²) in [6.45, 7) is 4.65. The lowest BCUT2D eigenvalue weighted by Crippen LogP contribution is -2.16. The van der Waals surface area contributed by atoms with E-state index in [4.69, 9.17) is 16.3 Å². The number of nitrogens with one attached hydrogen (secondary N) is 1. The van der Waals surface area contributed by atoms with Crippen molar-refractivity contribution in [1.82, 2.24) is 0 Å². The maximum absolute atomic E-state index is 12.1. The SMILES string of the molecule is CCOc1ccc(NC(=O)C[C@@H](C)Cc2ccc(Cl)cc2)cc1. The predicted molar refractivity (Wildman–Crippen MR) is 95.2 cm³/mol. The van der Waals surface area contributed by atoms with E-state index in [9.17, 15) is 4.79 Å². The maximum atomic E-state index is 12.1. The van der Waals surface area contributed by atoms with E-state index in [1.54, 1.807) is 0 Å². The van der Waals surface area contributed by atoms with E-state index in [1.165, 1.54) is 5.56 Å². The first-order chi connectivity index (χ1) is 11.1. The number of benzene rings is 2. The third-order valence-corrected chi connectivity index (χ3v) is 3.73. The van der Waals surface area contributed by atoms with E-state index in [2.05, 4.69) is 12.2 Å². The molecule has 23 heavy (non-hydrogen) atoms. The third-order valence-electron chi connectivity index (χ3n) is 3.48. The van der Waals surface area contributed by atoms with Gasteiger partial charge in [0.25, 0.3) is 0 Å². The molecule has 0 saturated heterocycles. The van der Waals surface area contributed by atoms with Crippen molar-refractivity contribution in [3.63, 3.8) is 0 Å². The molecule has 0 aliphatic carbocycles. The van der Waals surface area contributed by atoms with E-state index in [1.807, 2.05) is 55.5 Å². The quantitative estimate of drug-likeness (QED) is 0.779. The average Bonchev–Trinajstić information content (AvgIpc) is 2.51. The molecule has 2 rings (SSSR count). The highest BCUT2D eigenvalue weighted by Crippen LogP contribution is 2.18. The van der Waals surface area contributed by atoms with Gasteiger partial charge in [0, 0.05) is 17.1 Å². The summed E-state index contributed by atoms with van der Waals surface area (Å²) in [6.07, 6.45) is 1.34. The van der Waals surface area contributed by atoms with Gasteiger partial charge in [-0.1, -0.05) is 30.7 Å². The van der Waals surface area contributed by atoms with Crippen LogP contribution in [0.2, 0.25) is 5.02 Å². The Morgan fingerprint density at radius 1 is 1.13 bits per heavy atom. The molecular formula is C19H22ClNO2. The molecule has 122 valence electrons. The molecule has 2 aromatic rings. The fraction of sp³-hybridized carbons (Fsp3) is 0.316. The second kappa shape index (κ2) is 8.59. The summed E-state index contributed by atoms with van der Waals surface area (Å²) in [4.78, 5) is 12.1. The minimum Gasteiger partial charge on any atom is -0.494 e. The Morgan fingerprint density at radius 2 is 1.78 bits per heavy atom. The summed E-state index contributed by atoms with van der Waals surface area (Å²) in [5, 5.41) is 3.65. The molecular weight excluding hydrogens is 310 g/mol. The molecule has 0 aliphatic rings. The van der Waals surface area contributed by atoms with Gasteiger partial charge in [0.2, 0.25) is 5.91 Å². The number of amides is 1. The standard InChI is InChI=1S/C19H22ClNO2/c1-3-23-18-10-8-17(9-11-18)21-19(22)13-14(2)12-15-4-6-16(20)7-5-15/h4-11,14H,3,12-13H2,1-2H3,(H,21,22)/t14-/m0/s1. The van der Waals surface area contributed by atoms with Crippen LogP contribution in [0.4, 0.5) is 5.69 Å². The minimum atomic E-state index is 0.0237. The molecule has 1 N–H and O–H groups in total. The van der Waals surface area contributed by atoms with Gasteiger partial charge in [0.1, 0.15) is 5.75 Å². The van der Waals surface area contributed by atoms with Gasteiger partial charge in [0.15, 0.2) is 0 Å². The monoisotopic (exact) mass is 331 g/mol. The Balaban J connectivity index is 1.82. The molecule has 1 atom stereocenters. The van der Waals surface area contributed by atoms with Crippen molar-refractivity contribution in [2.75, 3.05) is 11.9 Å². The number of halogens is 1. The number of hydrogen-bond acceptors (Lipinski definition) is 2. The van der Waals surface area contributed by atoms with Crippen LogP contribution >= 0.6 is 11.6 Å². The average molecular weight is 332 g/mol. The Hall–Kier alpha value is -2.00. The van der Waals surface area contributed by atoms with Crippen LogP contribution in [0, 0.1) is 5.92 Å². The van der Waals surface area contributed by atoms with Crippen LogP contribution in [0.1, 0.15) is 25.8 Å². The van der Waals surface area contributed by atoms with Gasteiger partial charge in [-0.3, -0.25) is 4.79 Å². The summed E-state index contributed by atoms with van der Waals surface area (Å²) in [7, 11) is 0. The van der Waals surface area contributed by atoms with Crippen LogP contribution in [0.15, 0.2) is 48.5 Å². The number of ether oxygens (including phenoxy) is 1. The fourth-order valence-electron chi connectivity index (χ4n) is 2.42. The molecule has 2 aromatic carbocycles. The van der Waals surface area contributed by atoms with Crippen LogP contribution in [0.5, 0.6) is 5.75 Å².